The number of carbonyl (C=O) groups excluding carboxylic acids is 2. The van der Waals surface area contributed by atoms with Crippen molar-refractivity contribution in [2.45, 2.75) is 13.3 Å². The van der Waals surface area contributed by atoms with Gasteiger partial charge in [0, 0.05) is 11.8 Å². The number of anilines is 1. The number of esters is 1. The van der Waals surface area contributed by atoms with Crippen LogP contribution in [0.1, 0.15) is 11.8 Å². The van der Waals surface area contributed by atoms with Gasteiger partial charge in [0.25, 0.3) is 0 Å². The van der Waals surface area contributed by atoms with Crippen molar-refractivity contribution in [3.63, 3.8) is 0 Å². The predicted molar refractivity (Wildman–Crippen MR) is 59.4 cm³/mol. The standard InChI is InChI=1S/C9H10ClNO3S/c1-5(12)11-6-3-8(10)15-7(6)4-9(13)14-2/h3H,4H2,1-2H3,(H,11,12). The fraction of sp³-hybridized carbons (Fsp3) is 0.333. The van der Waals surface area contributed by atoms with E-state index >= 15 is 0 Å². The van der Waals surface area contributed by atoms with Gasteiger partial charge in [-0.1, -0.05) is 11.6 Å². The van der Waals surface area contributed by atoms with Crippen molar-refractivity contribution in [2.24, 2.45) is 0 Å². The molecule has 0 unspecified atom stereocenters. The molecule has 0 aliphatic heterocycles. The maximum Gasteiger partial charge on any atom is 0.310 e. The summed E-state index contributed by atoms with van der Waals surface area (Å²) < 4.78 is 5.06. The molecule has 1 heterocycles. The zero-order valence-corrected chi connectivity index (χ0v) is 9.87. The summed E-state index contributed by atoms with van der Waals surface area (Å²) >= 11 is 7.04. The Kier molecular flexibility index (Phi) is 4.11. The molecule has 0 bridgehead atoms. The summed E-state index contributed by atoms with van der Waals surface area (Å²) in [5, 5.41) is 2.60. The van der Waals surface area contributed by atoms with Crippen molar-refractivity contribution >= 4 is 40.5 Å². The fourth-order valence-corrected chi connectivity index (χ4v) is 2.24. The van der Waals surface area contributed by atoms with Crippen LogP contribution in [0.2, 0.25) is 4.34 Å². The van der Waals surface area contributed by atoms with Gasteiger partial charge in [-0.3, -0.25) is 9.59 Å². The summed E-state index contributed by atoms with van der Waals surface area (Å²) in [5.41, 5.74) is 0.572. The summed E-state index contributed by atoms with van der Waals surface area (Å²) in [6.07, 6.45) is 0.115. The summed E-state index contributed by atoms with van der Waals surface area (Å²) in [6.45, 7) is 1.40. The van der Waals surface area contributed by atoms with Crippen LogP contribution >= 0.6 is 22.9 Å². The quantitative estimate of drug-likeness (QED) is 0.832. The van der Waals surface area contributed by atoms with Crippen molar-refractivity contribution in [1.29, 1.82) is 0 Å². The van der Waals surface area contributed by atoms with E-state index in [-0.39, 0.29) is 18.3 Å². The second-order valence-electron chi connectivity index (χ2n) is 2.82. The molecule has 4 nitrogen and oxygen atoms in total. The van der Waals surface area contributed by atoms with Crippen molar-refractivity contribution in [2.75, 3.05) is 12.4 Å². The maximum atomic E-state index is 11.1. The van der Waals surface area contributed by atoms with Crippen LogP contribution in [0.25, 0.3) is 0 Å². The van der Waals surface area contributed by atoms with Crippen molar-refractivity contribution in [1.82, 2.24) is 0 Å². The first-order chi connectivity index (χ1) is 7.02. The highest BCUT2D eigenvalue weighted by Gasteiger charge is 2.13. The van der Waals surface area contributed by atoms with Crippen LogP contribution in [-0.2, 0) is 20.7 Å². The monoisotopic (exact) mass is 247 g/mol. The van der Waals surface area contributed by atoms with Gasteiger partial charge in [-0.25, -0.2) is 0 Å². The third-order valence-corrected chi connectivity index (χ3v) is 2.89. The molecule has 1 aromatic rings. The minimum Gasteiger partial charge on any atom is -0.469 e. The van der Waals surface area contributed by atoms with E-state index in [1.165, 1.54) is 25.4 Å². The summed E-state index contributed by atoms with van der Waals surface area (Å²) in [4.78, 5) is 22.6. The zero-order chi connectivity index (χ0) is 11.4. The molecule has 6 heteroatoms. The molecular formula is C9H10ClNO3S. The molecule has 0 spiro atoms. The van der Waals surface area contributed by atoms with Gasteiger partial charge in [0.1, 0.15) is 0 Å². The van der Waals surface area contributed by atoms with E-state index in [1.807, 2.05) is 0 Å². The Morgan fingerprint density at radius 3 is 2.80 bits per heavy atom. The van der Waals surface area contributed by atoms with Crippen LogP contribution < -0.4 is 5.32 Å². The molecule has 0 aromatic carbocycles. The van der Waals surface area contributed by atoms with Crippen LogP contribution in [0, 0.1) is 0 Å². The van der Waals surface area contributed by atoms with E-state index in [4.69, 9.17) is 11.6 Å². The van der Waals surface area contributed by atoms with E-state index in [2.05, 4.69) is 10.1 Å². The van der Waals surface area contributed by atoms with Gasteiger partial charge in [-0.05, 0) is 6.07 Å². The highest BCUT2D eigenvalue weighted by atomic mass is 35.5. The summed E-state index contributed by atoms with van der Waals surface area (Å²) in [5.74, 6) is -0.560. The van der Waals surface area contributed by atoms with Gasteiger partial charge in [-0.15, -0.1) is 11.3 Å². The Labute approximate surface area is 96.2 Å². The number of halogens is 1. The lowest BCUT2D eigenvalue weighted by Crippen LogP contribution is -2.09. The lowest BCUT2D eigenvalue weighted by Gasteiger charge is -2.02. The van der Waals surface area contributed by atoms with Crippen LogP contribution in [0.15, 0.2) is 6.07 Å². The molecule has 82 valence electrons. The molecular weight excluding hydrogens is 238 g/mol. The predicted octanol–water partition coefficient (Wildman–Crippen LogP) is 2.08. The normalized spacial score (nSPS) is 9.80. The van der Waals surface area contributed by atoms with E-state index in [0.29, 0.717) is 14.9 Å². The second-order valence-corrected chi connectivity index (χ2v) is 4.59. The number of methoxy groups -OCH3 is 1. The Balaban J connectivity index is 2.85. The van der Waals surface area contributed by atoms with E-state index in [1.54, 1.807) is 6.07 Å². The minimum absolute atomic E-state index is 0.115. The Bertz CT molecular complexity index is 389. The summed E-state index contributed by atoms with van der Waals surface area (Å²) in [7, 11) is 1.32. The third kappa shape index (κ3) is 3.53. The SMILES string of the molecule is COC(=O)Cc1sc(Cl)cc1NC(C)=O. The lowest BCUT2D eigenvalue weighted by atomic mass is 10.3. The fourth-order valence-electron chi connectivity index (χ4n) is 1.03. The average Bonchev–Trinajstić information content (AvgIpc) is 2.45. The number of hydrogen-bond acceptors (Lipinski definition) is 4. The smallest absolute Gasteiger partial charge is 0.310 e. The van der Waals surface area contributed by atoms with Gasteiger partial charge in [0.2, 0.25) is 5.91 Å². The molecule has 1 amide bonds. The van der Waals surface area contributed by atoms with Crippen LogP contribution in [0.4, 0.5) is 5.69 Å². The molecule has 1 aromatic heterocycles. The number of amides is 1. The number of thiophene rings is 1. The largest absolute Gasteiger partial charge is 0.469 e. The molecule has 1 rings (SSSR count). The van der Waals surface area contributed by atoms with E-state index < -0.39 is 0 Å². The molecule has 0 radical (unpaired) electrons. The Morgan fingerprint density at radius 1 is 1.60 bits per heavy atom. The molecule has 0 aliphatic carbocycles. The highest BCUT2D eigenvalue weighted by molar-refractivity contribution is 7.16. The Morgan fingerprint density at radius 2 is 2.27 bits per heavy atom. The average molecular weight is 248 g/mol. The molecule has 0 aliphatic rings. The van der Waals surface area contributed by atoms with Gasteiger partial charge in [0.15, 0.2) is 0 Å². The van der Waals surface area contributed by atoms with Gasteiger partial charge in [-0.2, -0.15) is 0 Å². The molecule has 0 saturated heterocycles. The van der Waals surface area contributed by atoms with Gasteiger partial charge >= 0.3 is 5.97 Å². The molecule has 15 heavy (non-hydrogen) atoms. The number of nitrogens with one attached hydrogen (secondary N) is 1. The second kappa shape index (κ2) is 5.14. The topological polar surface area (TPSA) is 55.4 Å². The minimum atomic E-state index is -0.361. The van der Waals surface area contributed by atoms with Crippen molar-refractivity contribution in [3.8, 4) is 0 Å². The van der Waals surface area contributed by atoms with Crippen LogP contribution in [0.5, 0.6) is 0 Å². The first-order valence-electron chi connectivity index (χ1n) is 4.15. The first-order valence-corrected chi connectivity index (χ1v) is 5.35. The molecule has 0 saturated carbocycles. The van der Waals surface area contributed by atoms with Crippen molar-refractivity contribution < 1.29 is 14.3 Å². The van der Waals surface area contributed by atoms with Gasteiger partial charge < -0.3 is 10.1 Å². The first kappa shape index (κ1) is 12.0. The van der Waals surface area contributed by atoms with E-state index in [9.17, 15) is 9.59 Å². The number of rotatable bonds is 3. The lowest BCUT2D eigenvalue weighted by molar-refractivity contribution is -0.139. The van der Waals surface area contributed by atoms with Crippen molar-refractivity contribution in [3.05, 3.63) is 15.3 Å². The maximum absolute atomic E-state index is 11.1. The number of carbonyl (C=O) groups is 2. The molecule has 0 atom stereocenters. The third-order valence-electron chi connectivity index (χ3n) is 1.62. The summed E-state index contributed by atoms with van der Waals surface area (Å²) in [6, 6.07) is 1.62. The number of ether oxygens (including phenoxy) is 1. The molecule has 1 N–H and O–H groups in total. The molecule has 0 fully saturated rings. The number of hydrogen-bond donors (Lipinski definition) is 1. The van der Waals surface area contributed by atoms with E-state index in [0.717, 1.165) is 0 Å². The zero-order valence-electron chi connectivity index (χ0n) is 8.30. The Hall–Kier alpha value is -1.07. The van der Waals surface area contributed by atoms with Gasteiger partial charge in [0.05, 0.1) is 23.6 Å². The van der Waals surface area contributed by atoms with Crippen LogP contribution in [-0.4, -0.2) is 19.0 Å². The van der Waals surface area contributed by atoms with Crippen LogP contribution in [0.3, 0.4) is 0 Å². The highest BCUT2D eigenvalue weighted by Crippen LogP contribution is 2.31.